The van der Waals surface area contributed by atoms with E-state index in [0.717, 1.165) is 39.1 Å². The van der Waals surface area contributed by atoms with E-state index in [1.165, 1.54) is 28.4 Å². The number of rotatable bonds is 5. The molecule has 7 heteroatoms. The molecule has 1 saturated heterocycles. The van der Waals surface area contributed by atoms with E-state index >= 15 is 0 Å². The number of aromatic nitrogens is 1. The summed E-state index contributed by atoms with van der Waals surface area (Å²) < 4.78 is 10.6. The highest BCUT2D eigenvalue weighted by molar-refractivity contribution is 7.11. The molecule has 0 unspecified atom stereocenters. The summed E-state index contributed by atoms with van der Waals surface area (Å²) in [6.07, 6.45) is 3.59. The number of ether oxygens (including phenoxy) is 2. The van der Waals surface area contributed by atoms with Gasteiger partial charge in [-0.1, -0.05) is 0 Å². The van der Waals surface area contributed by atoms with Gasteiger partial charge in [0.05, 0.1) is 26.5 Å². The topological polar surface area (TPSA) is 54.9 Å². The molecule has 0 saturated carbocycles. The van der Waals surface area contributed by atoms with Gasteiger partial charge in [-0.2, -0.15) is 0 Å². The number of aryl methyl sites for hydroxylation is 2. The van der Waals surface area contributed by atoms with E-state index in [1.807, 2.05) is 16.2 Å². The van der Waals surface area contributed by atoms with Gasteiger partial charge in [0.2, 0.25) is 0 Å². The molecular formula is C20H25N3O3S. The molecule has 1 aliphatic heterocycles. The summed E-state index contributed by atoms with van der Waals surface area (Å²) in [5.41, 5.74) is 1.95. The standard InChI is InChI=1S/C20H25N3O3S/c1-25-16-7-6-14(12-17(16)26-2)20(24)23-10-8-22(9-11-23)13-19-21-15-4-3-5-18(15)27-19/h6-7,12H,3-5,8-11,13H2,1-2H3. The van der Waals surface area contributed by atoms with Crippen molar-refractivity contribution in [2.24, 2.45) is 0 Å². The second kappa shape index (κ2) is 7.86. The molecule has 1 fully saturated rings. The molecule has 0 atom stereocenters. The fraction of sp³-hybridized carbons (Fsp3) is 0.500. The fourth-order valence-electron chi connectivity index (χ4n) is 3.76. The second-order valence-electron chi connectivity index (χ2n) is 6.97. The maximum atomic E-state index is 12.8. The molecule has 2 aromatic rings. The van der Waals surface area contributed by atoms with Gasteiger partial charge < -0.3 is 14.4 Å². The first kappa shape index (κ1) is 18.3. The Labute approximate surface area is 163 Å². The Bertz CT molecular complexity index is 806. The van der Waals surface area contributed by atoms with Crippen molar-refractivity contribution in [3.05, 3.63) is 39.3 Å². The molecule has 0 bridgehead atoms. The molecule has 1 amide bonds. The number of thiazole rings is 1. The molecule has 1 aromatic carbocycles. The van der Waals surface area contributed by atoms with Crippen LogP contribution in [0, 0.1) is 0 Å². The number of carbonyl (C=O) groups is 1. The molecule has 6 nitrogen and oxygen atoms in total. The van der Waals surface area contributed by atoms with Crippen molar-refractivity contribution in [3.8, 4) is 11.5 Å². The Balaban J connectivity index is 1.35. The van der Waals surface area contributed by atoms with Gasteiger partial charge in [0.1, 0.15) is 5.01 Å². The van der Waals surface area contributed by atoms with Crippen molar-refractivity contribution in [2.75, 3.05) is 40.4 Å². The van der Waals surface area contributed by atoms with Crippen LogP contribution in [0.25, 0.3) is 0 Å². The third-order valence-electron chi connectivity index (χ3n) is 5.29. The highest BCUT2D eigenvalue weighted by atomic mass is 32.1. The van der Waals surface area contributed by atoms with Crippen molar-refractivity contribution in [3.63, 3.8) is 0 Å². The van der Waals surface area contributed by atoms with E-state index in [1.54, 1.807) is 32.4 Å². The average molecular weight is 388 g/mol. The van der Waals surface area contributed by atoms with Gasteiger partial charge in [-0.25, -0.2) is 4.98 Å². The summed E-state index contributed by atoms with van der Waals surface area (Å²) >= 11 is 1.87. The molecule has 0 N–H and O–H groups in total. The number of carbonyl (C=O) groups excluding carboxylic acids is 1. The number of nitrogens with zero attached hydrogens (tertiary/aromatic N) is 3. The van der Waals surface area contributed by atoms with Crippen LogP contribution in [0.15, 0.2) is 18.2 Å². The lowest BCUT2D eigenvalue weighted by atomic mass is 10.1. The number of fused-ring (bicyclic) bond motifs is 1. The minimum Gasteiger partial charge on any atom is -0.493 e. The van der Waals surface area contributed by atoms with Gasteiger partial charge in [0, 0.05) is 36.6 Å². The summed E-state index contributed by atoms with van der Waals surface area (Å²) in [5, 5.41) is 1.22. The molecule has 0 radical (unpaired) electrons. The van der Waals surface area contributed by atoms with Crippen LogP contribution in [0.1, 0.15) is 32.4 Å². The first-order valence-electron chi connectivity index (χ1n) is 9.39. The molecule has 4 rings (SSSR count). The van der Waals surface area contributed by atoms with Gasteiger partial charge in [0.15, 0.2) is 11.5 Å². The lowest BCUT2D eigenvalue weighted by Crippen LogP contribution is -2.48. The number of benzene rings is 1. The Kier molecular flexibility index (Phi) is 5.31. The van der Waals surface area contributed by atoms with Gasteiger partial charge in [0.25, 0.3) is 5.91 Å². The predicted molar refractivity (Wildman–Crippen MR) is 105 cm³/mol. The van der Waals surface area contributed by atoms with Crippen LogP contribution in [0.5, 0.6) is 11.5 Å². The SMILES string of the molecule is COc1ccc(C(=O)N2CCN(Cc3nc4c(s3)CCC4)CC2)cc1OC. The van der Waals surface area contributed by atoms with Crippen molar-refractivity contribution in [2.45, 2.75) is 25.8 Å². The highest BCUT2D eigenvalue weighted by Gasteiger charge is 2.24. The largest absolute Gasteiger partial charge is 0.493 e. The van der Waals surface area contributed by atoms with Crippen LogP contribution < -0.4 is 9.47 Å². The van der Waals surface area contributed by atoms with Gasteiger partial charge in [-0.05, 0) is 37.5 Å². The van der Waals surface area contributed by atoms with E-state index in [9.17, 15) is 4.79 Å². The van der Waals surface area contributed by atoms with Crippen molar-refractivity contribution < 1.29 is 14.3 Å². The minimum atomic E-state index is 0.0452. The maximum absolute atomic E-state index is 12.8. The zero-order valence-corrected chi connectivity index (χ0v) is 16.7. The summed E-state index contributed by atoms with van der Waals surface area (Å²) in [5.74, 6) is 1.26. The smallest absolute Gasteiger partial charge is 0.254 e. The first-order chi connectivity index (χ1) is 13.2. The number of methoxy groups -OCH3 is 2. The highest BCUT2D eigenvalue weighted by Crippen LogP contribution is 2.29. The van der Waals surface area contributed by atoms with Gasteiger partial charge in [-0.3, -0.25) is 9.69 Å². The number of hydrogen-bond acceptors (Lipinski definition) is 6. The molecule has 2 aliphatic rings. The van der Waals surface area contributed by atoms with Crippen LogP contribution >= 0.6 is 11.3 Å². The summed E-state index contributed by atoms with van der Waals surface area (Å²) in [4.78, 5) is 23.4. The Hall–Kier alpha value is -2.12. The lowest BCUT2D eigenvalue weighted by molar-refractivity contribution is 0.0628. The zero-order valence-electron chi connectivity index (χ0n) is 15.9. The van der Waals surface area contributed by atoms with Gasteiger partial charge >= 0.3 is 0 Å². The average Bonchev–Trinajstić information content (AvgIpc) is 3.29. The zero-order chi connectivity index (χ0) is 18.8. The number of hydrogen-bond donors (Lipinski definition) is 0. The van der Waals surface area contributed by atoms with E-state index in [0.29, 0.717) is 17.1 Å². The molecule has 1 aliphatic carbocycles. The maximum Gasteiger partial charge on any atom is 0.254 e. The molecule has 2 heterocycles. The third kappa shape index (κ3) is 3.80. The lowest BCUT2D eigenvalue weighted by Gasteiger charge is -2.34. The van der Waals surface area contributed by atoms with Gasteiger partial charge in [-0.15, -0.1) is 11.3 Å². The van der Waals surface area contributed by atoms with E-state index in [-0.39, 0.29) is 5.91 Å². The quantitative estimate of drug-likeness (QED) is 0.789. The Morgan fingerprint density at radius 3 is 2.59 bits per heavy atom. The van der Waals surface area contributed by atoms with Crippen molar-refractivity contribution in [1.82, 2.24) is 14.8 Å². The summed E-state index contributed by atoms with van der Waals surface area (Å²) in [6, 6.07) is 5.34. The third-order valence-corrected chi connectivity index (χ3v) is 6.43. The normalized spacial score (nSPS) is 17.0. The Morgan fingerprint density at radius 2 is 1.89 bits per heavy atom. The Morgan fingerprint density at radius 1 is 1.11 bits per heavy atom. The molecule has 27 heavy (non-hydrogen) atoms. The first-order valence-corrected chi connectivity index (χ1v) is 10.2. The summed E-state index contributed by atoms with van der Waals surface area (Å²) in [6.45, 7) is 4.12. The second-order valence-corrected chi connectivity index (χ2v) is 8.14. The summed E-state index contributed by atoms with van der Waals surface area (Å²) in [7, 11) is 3.18. The van der Waals surface area contributed by atoms with Crippen molar-refractivity contribution >= 4 is 17.2 Å². The molecule has 1 aromatic heterocycles. The van der Waals surface area contributed by atoms with Crippen LogP contribution in [0.3, 0.4) is 0 Å². The predicted octanol–water partition coefficient (Wildman–Crippen LogP) is 2.61. The number of amides is 1. The fourth-order valence-corrected chi connectivity index (χ4v) is 4.96. The van der Waals surface area contributed by atoms with Crippen LogP contribution in [0.2, 0.25) is 0 Å². The monoisotopic (exact) mass is 387 g/mol. The van der Waals surface area contributed by atoms with Crippen LogP contribution in [-0.4, -0.2) is 61.1 Å². The molecular weight excluding hydrogens is 362 g/mol. The molecule has 0 spiro atoms. The van der Waals surface area contributed by atoms with E-state index in [4.69, 9.17) is 14.5 Å². The number of piperazine rings is 1. The van der Waals surface area contributed by atoms with Crippen LogP contribution in [-0.2, 0) is 19.4 Å². The van der Waals surface area contributed by atoms with Crippen LogP contribution in [0.4, 0.5) is 0 Å². The minimum absolute atomic E-state index is 0.0452. The van der Waals surface area contributed by atoms with E-state index < -0.39 is 0 Å². The van der Waals surface area contributed by atoms with Crippen molar-refractivity contribution in [1.29, 1.82) is 0 Å². The van der Waals surface area contributed by atoms with E-state index in [2.05, 4.69) is 4.90 Å². The molecule has 144 valence electrons.